The van der Waals surface area contributed by atoms with E-state index in [0.29, 0.717) is 35.7 Å². The van der Waals surface area contributed by atoms with E-state index in [1.165, 1.54) is 23.5 Å². The van der Waals surface area contributed by atoms with Gasteiger partial charge in [0.05, 0.1) is 17.6 Å². The molecule has 1 aliphatic rings. The number of pyridine rings is 1. The zero-order chi connectivity index (χ0) is 27.4. The number of carbonyl (C=O) groups is 2. The molecule has 0 spiro atoms. The number of piperidine rings is 1. The standard InChI is InChI=1S/C28H26F2N4O4S/c1-37-24-14-22(32-21-5-3-2-4-20(21)24)27(36)34-12-10-18(11-13-34)26-33-23(16-39-26)25(35)31-15-17-6-8-19(9-7-17)38-28(29)30/h2-9,14,16,18,28H,10-13,15H2,1H3,(H,31,35). The van der Waals surface area contributed by atoms with E-state index >= 15 is 0 Å². The topological polar surface area (TPSA) is 93.7 Å². The molecule has 1 aliphatic heterocycles. The van der Waals surface area contributed by atoms with Crippen LogP contribution in [0.1, 0.15) is 50.3 Å². The molecular weight excluding hydrogens is 526 g/mol. The van der Waals surface area contributed by atoms with Crippen LogP contribution in [0.4, 0.5) is 8.78 Å². The van der Waals surface area contributed by atoms with Gasteiger partial charge in [0.15, 0.2) is 0 Å². The maximum atomic E-state index is 13.2. The third kappa shape index (κ3) is 6.14. The molecule has 8 nitrogen and oxygen atoms in total. The van der Waals surface area contributed by atoms with Crippen molar-refractivity contribution in [3.05, 3.63) is 81.9 Å². The summed E-state index contributed by atoms with van der Waals surface area (Å²) in [5.74, 6) is 0.386. The number of amides is 2. The van der Waals surface area contributed by atoms with E-state index in [1.54, 1.807) is 35.6 Å². The monoisotopic (exact) mass is 552 g/mol. The predicted molar refractivity (Wildman–Crippen MR) is 143 cm³/mol. The van der Waals surface area contributed by atoms with E-state index < -0.39 is 6.61 Å². The number of nitrogens with one attached hydrogen (secondary N) is 1. The number of fused-ring (bicyclic) bond motifs is 1. The molecule has 1 saturated heterocycles. The van der Waals surface area contributed by atoms with Crippen molar-refractivity contribution >= 4 is 34.1 Å². The number of rotatable bonds is 8. The first-order valence-electron chi connectivity index (χ1n) is 12.4. The molecule has 0 atom stereocenters. The molecule has 1 N–H and O–H groups in total. The lowest BCUT2D eigenvalue weighted by molar-refractivity contribution is -0.0498. The summed E-state index contributed by atoms with van der Waals surface area (Å²) < 4.78 is 34.4. The zero-order valence-corrected chi connectivity index (χ0v) is 21.9. The number of carbonyl (C=O) groups excluding carboxylic acids is 2. The largest absolute Gasteiger partial charge is 0.496 e. The highest BCUT2D eigenvalue weighted by molar-refractivity contribution is 7.09. The Kier molecular flexibility index (Phi) is 7.97. The lowest BCUT2D eigenvalue weighted by Gasteiger charge is -2.31. The van der Waals surface area contributed by atoms with Crippen LogP contribution < -0.4 is 14.8 Å². The summed E-state index contributed by atoms with van der Waals surface area (Å²) in [7, 11) is 1.58. The first-order chi connectivity index (χ1) is 18.9. The summed E-state index contributed by atoms with van der Waals surface area (Å²) in [5, 5.41) is 6.25. The van der Waals surface area contributed by atoms with E-state index in [0.717, 1.165) is 28.8 Å². The Morgan fingerprint density at radius 1 is 1.08 bits per heavy atom. The average Bonchev–Trinajstić information content (AvgIpc) is 3.46. The molecule has 11 heteroatoms. The van der Waals surface area contributed by atoms with Gasteiger partial charge in [0, 0.05) is 42.4 Å². The molecule has 5 rings (SSSR count). The molecule has 0 unspecified atom stereocenters. The van der Waals surface area contributed by atoms with Crippen LogP contribution in [0, 0.1) is 0 Å². The summed E-state index contributed by atoms with van der Waals surface area (Å²) in [5.41, 5.74) is 2.14. The fraction of sp³-hybridized carbons (Fsp3) is 0.286. The minimum Gasteiger partial charge on any atom is -0.496 e. The van der Waals surface area contributed by atoms with E-state index in [4.69, 9.17) is 4.74 Å². The maximum Gasteiger partial charge on any atom is 0.387 e. The number of halogens is 2. The molecule has 0 bridgehead atoms. The number of alkyl halides is 2. The Bertz CT molecular complexity index is 1470. The third-order valence-corrected chi connectivity index (χ3v) is 7.61. The first-order valence-corrected chi connectivity index (χ1v) is 13.3. The lowest BCUT2D eigenvalue weighted by atomic mass is 9.97. The molecule has 3 heterocycles. The molecular formula is C28H26F2N4O4S. The molecule has 0 saturated carbocycles. The van der Waals surface area contributed by atoms with Gasteiger partial charge in [-0.3, -0.25) is 9.59 Å². The van der Waals surface area contributed by atoms with Crippen molar-refractivity contribution < 1.29 is 27.8 Å². The second-order valence-electron chi connectivity index (χ2n) is 9.07. The Morgan fingerprint density at radius 3 is 2.54 bits per heavy atom. The minimum absolute atomic E-state index is 0.0604. The number of benzene rings is 2. The summed E-state index contributed by atoms with van der Waals surface area (Å²) in [4.78, 5) is 36.7. The highest BCUT2D eigenvalue weighted by atomic mass is 32.1. The van der Waals surface area contributed by atoms with Gasteiger partial charge in [-0.25, -0.2) is 9.97 Å². The average molecular weight is 553 g/mol. The summed E-state index contributed by atoms with van der Waals surface area (Å²) in [6.07, 6.45) is 1.47. The van der Waals surface area contributed by atoms with Gasteiger partial charge in [0.2, 0.25) is 0 Å². The molecule has 2 aromatic carbocycles. The predicted octanol–water partition coefficient (Wildman–Crippen LogP) is 5.25. The van der Waals surface area contributed by atoms with Gasteiger partial charge in [-0.15, -0.1) is 11.3 Å². The van der Waals surface area contributed by atoms with Crippen LogP contribution >= 0.6 is 11.3 Å². The molecule has 39 heavy (non-hydrogen) atoms. The van der Waals surface area contributed by atoms with Gasteiger partial charge in [-0.05, 0) is 42.7 Å². The summed E-state index contributed by atoms with van der Waals surface area (Å²) in [6, 6.07) is 15.3. The van der Waals surface area contributed by atoms with Crippen LogP contribution in [0.15, 0.2) is 60.0 Å². The quantitative estimate of drug-likeness (QED) is 0.321. The Labute approximate surface area is 227 Å². The van der Waals surface area contributed by atoms with Crippen LogP contribution in [0.3, 0.4) is 0 Å². The Balaban J connectivity index is 1.15. The number of hydrogen-bond acceptors (Lipinski definition) is 7. The number of likely N-dealkylation sites (tertiary alicyclic amines) is 1. The number of methoxy groups -OCH3 is 1. The van der Waals surface area contributed by atoms with Gasteiger partial charge in [-0.2, -0.15) is 8.78 Å². The molecule has 2 aromatic heterocycles. The van der Waals surface area contributed by atoms with Gasteiger partial charge in [-0.1, -0.05) is 24.3 Å². The number of thiazole rings is 1. The zero-order valence-electron chi connectivity index (χ0n) is 21.1. The van der Waals surface area contributed by atoms with E-state index in [2.05, 4.69) is 20.0 Å². The van der Waals surface area contributed by atoms with Crippen LogP contribution in [-0.2, 0) is 6.54 Å². The van der Waals surface area contributed by atoms with Gasteiger partial charge < -0.3 is 19.7 Å². The fourth-order valence-electron chi connectivity index (χ4n) is 4.55. The van der Waals surface area contributed by atoms with Crippen molar-refractivity contribution in [1.82, 2.24) is 20.2 Å². The lowest BCUT2D eigenvalue weighted by Crippen LogP contribution is -2.38. The minimum atomic E-state index is -2.88. The molecule has 0 aliphatic carbocycles. The smallest absolute Gasteiger partial charge is 0.387 e. The summed E-state index contributed by atoms with van der Waals surface area (Å²) in [6.45, 7) is -1.53. The molecule has 0 radical (unpaired) electrons. The molecule has 2 amide bonds. The van der Waals surface area contributed by atoms with Crippen LogP contribution in [0.25, 0.3) is 10.9 Å². The highest BCUT2D eigenvalue weighted by Gasteiger charge is 2.28. The van der Waals surface area contributed by atoms with E-state index in [-0.39, 0.29) is 30.0 Å². The number of hydrogen-bond donors (Lipinski definition) is 1. The Morgan fingerprint density at radius 2 is 1.82 bits per heavy atom. The molecule has 1 fully saturated rings. The van der Waals surface area contributed by atoms with Crippen molar-refractivity contribution in [3.8, 4) is 11.5 Å². The van der Waals surface area contributed by atoms with Crippen molar-refractivity contribution in [3.63, 3.8) is 0 Å². The molecule has 202 valence electrons. The third-order valence-electron chi connectivity index (χ3n) is 6.60. The Hall–Kier alpha value is -4.12. The van der Waals surface area contributed by atoms with Crippen molar-refractivity contribution in [2.24, 2.45) is 0 Å². The number of ether oxygens (including phenoxy) is 2. The number of nitrogens with zero attached hydrogens (tertiary/aromatic N) is 3. The van der Waals surface area contributed by atoms with Crippen molar-refractivity contribution in [2.75, 3.05) is 20.2 Å². The number of para-hydroxylation sites is 1. The van der Waals surface area contributed by atoms with Gasteiger partial charge in [0.1, 0.15) is 22.9 Å². The van der Waals surface area contributed by atoms with Gasteiger partial charge >= 0.3 is 6.61 Å². The van der Waals surface area contributed by atoms with E-state index in [9.17, 15) is 18.4 Å². The second-order valence-corrected chi connectivity index (χ2v) is 9.96. The molecule has 4 aromatic rings. The first kappa shape index (κ1) is 26.5. The SMILES string of the molecule is COc1cc(C(=O)N2CCC(c3nc(C(=O)NCc4ccc(OC(F)F)cc4)cs3)CC2)nc2ccccc12. The summed E-state index contributed by atoms with van der Waals surface area (Å²) >= 11 is 1.43. The van der Waals surface area contributed by atoms with Crippen LogP contribution in [-0.4, -0.2) is 53.5 Å². The van der Waals surface area contributed by atoms with Crippen LogP contribution in [0.5, 0.6) is 11.5 Å². The highest BCUT2D eigenvalue weighted by Crippen LogP contribution is 2.32. The van der Waals surface area contributed by atoms with Crippen LogP contribution in [0.2, 0.25) is 0 Å². The van der Waals surface area contributed by atoms with Crippen molar-refractivity contribution in [2.45, 2.75) is 31.9 Å². The maximum absolute atomic E-state index is 13.2. The number of aromatic nitrogens is 2. The second kappa shape index (κ2) is 11.7. The fourth-order valence-corrected chi connectivity index (χ4v) is 5.53. The normalized spacial score (nSPS) is 14.0. The van der Waals surface area contributed by atoms with E-state index in [1.807, 2.05) is 24.3 Å². The van der Waals surface area contributed by atoms with Gasteiger partial charge in [0.25, 0.3) is 11.8 Å². The van der Waals surface area contributed by atoms with Crippen molar-refractivity contribution in [1.29, 1.82) is 0 Å².